The van der Waals surface area contributed by atoms with E-state index >= 15 is 0 Å². The van der Waals surface area contributed by atoms with E-state index in [0.29, 0.717) is 11.8 Å². The summed E-state index contributed by atoms with van der Waals surface area (Å²) in [7, 11) is 0. The van der Waals surface area contributed by atoms with Crippen LogP contribution in [-0.4, -0.2) is 16.9 Å². The predicted molar refractivity (Wildman–Crippen MR) is 76.7 cm³/mol. The quantitative estimate of drug-likeness (QED) is 0.894. The molecule has 1 aromatic heterocycles. The number of nitrogens with two attached hydrogens (primary N) is 1. The van der Waals surface area contributed by atoms with Crippen LogP contribution in [0, 0.1) is 17.7 Å². The Morgan fingerprint density at radius 3 is 2.85 bits per heavy atom. The number of pyridine rings is 1. The Bertz CT molecular complexity index is 490. The van der Waals surface area contributed by atoms with E-state index in [0.717, 1.165) is 19.3 Å². The number of nitrogens with one attached hydrogen (secondary N) is 1. The molecule has 0 saturated heterocycles. The minimum atomic E-state index is -0.734. The van der Waals surface area contributed by atoms with Gasteiger partial charge in [-0.15, -0.1) is 0 Å². The molecule has 0 aromatic carbocycles. The Kier molecular flexibility index (Phi) is 4.57. The van der Waals surface area contributed by atoms with Crippen molar-refractivity contribution in [1.29, 1.82) is 0 Å². The number of carbonyl (C=O) groups excluding carboxylic acids is 1. The van der Waals surface area contributed by atoms with Crippen molar-refractivity contribution in [3.8, 4) is 0 Å². The highest BCUT2D eigenvalue weighted by Gasteiger charge is 2.29. The van der Waals surface area contributed by atoms with Crippen LogP contribution in [0.4, 0.5) is 10.2 Å². The van der Waals surface area contributed by atoms with Gasteiger partial charge in [0.25, 0.3) is 5.91 Å². The van der Waals surface area contributed by atoms with Gasteiger partial charge in [0.1, 0.15) is 0 Å². The van der Waals surface area contributed by atoms with Gasteiger partial charge in [-0.2, -0.15) is 0 Å². The Labute approximate surface area is 119 Å². The average molecular weight is 279 g/mol. The molecular formula is C15H22FN3O. The summed E-state index contributed by atoms with van der Waals surface area (Å²) in [6, 6.07) is 1.49. The van der Waals surface area contributed by atoms with E-state index in [9.17, 15) is 9.18 Å². The van der Waals surface area contributed by atoms with E-state index in [2.05, 4.69) is 24.1 Å². The van der Waals surface area contributed by atoms with Gasteiger partial charge < -0.3 is 11.1 Å². The largest absolute Gasteiger partial charge is 0.381 e. The number of rotatable bonds is 3. The summed E-state index contributed by atoms with van der Waals surface area (Å²) in [6.45, 7) is 4.33. The highest BCUT2D eigenvalue weighted by molar-refractivity contribution is 5.95. The molecule has 1 amide bonds. The van der Waals surface area contributed by atoms with E-state index in [4.69, 9.17) is 5.73 Å². The van der Waals surface area contributed by atoms with Crippen molar-refractivity contribution in [1.82, 2.24) is 10.3 Å². The van der Waals surface area contributed by atoms with E-state index in [1.54, 1.807) is 0 Å². The molecule has 1 heterocycles. The fourth-order valence-corrected chi connectivity index (χ4v) is 3.02. The summed E-state index contributed by atoms with van der Waals surface area (Å²) < 4.78 is 13.8. The van der Waals surface area contributed by atoms with E-state index in [1.807, 2.05) is 0 Å². The molecule has 2 atom stereocenters. The average Bonchev–Trinajstić information content (AvgIpc) is 2.42. The SMILES string of the molecule is CC(C)C1CCCCC1NC(=O)c1ccnc(N)c1F. The number of aromatic nitrogens is 1. The Hall–Kier alpha value is -1.65. The Balaban J connectivity index is 2.12. The second-order valence-electron chi connectivity index (χ2n) is 5.83. The van der Waals surface area contributed by atoms with Crippen LogP contribution in [0.5, 0.6) is 0 Å². The fraction of sp³-hybridized carbons (Fsp3) is 0.600. The zero-order valence-corrected chi connectivity index (χ0v) is 12.0. The molecule has 0 spiro atoms. The molecule has 110 valence electrons. The van der Waals surface area contributed by atoms with Crippen LogP contribution in [0.25, 0.3) is 0 Å². The Morgan fingerprint density at radius 1 is 1.45 bits per heavy atom. The second kappa shape index (κ2) is 6.20. The van der Waals surface area contributed by atoms with Gasteiger partial charge in [-0.1, -0.05) is 26.7 Å². The lowest BCUT2D eigenvalue weighted by molar-refractivity contribution is 0.0885. The molecule has 1 fully saturated rings. The first-order chi connectivity index (χ1) is 9.50. The maximum Gasteiger partial charge on any atom is 0.254 e. The zero-order chi connectivity index (χ0) is 14.7. The van der Waals surface area contributed by atoms with Gasteiger partial charge in [-0.25, -0.2) is 9.37 Å². The van der Waals surface area contributed by atoms with Crippen LogP contribution in [0.3, 0.4) is 0 Å². The first-order valence-corrected chi connectivity index (χ1v) is 7.21. The lowest BCUT2D eigenvalue weighted by atomic mass is 9.78. The summed E-state index contributed by atoms with van der Waals surface area (Å²) in [4.78, 5) is 15.9. The van der Waals surface area contributed by atoms with E-state index in [1.165, 1.54) is 18.7 Å². The zero-order valence-electron chi connectivity index (χ0n) is 12.0. The molecule has 2 unspecified atom stereocenters. The molecule has 2 rings (SSSR count). The molecule has 0 radical (unpaired) electrons. The molecule has 20 heavy (non-hydrogen) atoms. The third-order valence-electron chi connectivity index (χ3n) is 4.15. The third-order valence-corrected chi connectivity index (χ3v) is 4.15. The molecule has 1 aromatic rings. The molecule has 1 saturated carbocycles. The van der Waals surface area contributed by atoms with Crippen molar-refractivity contribution in [2.45, 2.75) is 45.6 Å². The minimum Gasteiger partial charge on any atom is -0.381 e. The summed E-state index contributed by atoms with van der Waals surface area (Å²) in [5.74, 6) is -0.402. The van der Waals surface area contributed by atoms with Crippen molar-refractivity contribution < 1.29 is 9.18 Å². The molecule has 0 aliphatic heterocycles. The van der Waals surface area contributed by atoms with Crippen molar-refractivity contribution in [3.05, 3.63) is 23.6 Å². The summed E-state index contributed by atoms with van der Waals surface area (Å²) in [5, 5.41) is 2.97. The van der Waals surface area contributed by atoms with E-state index < -0.39 is 11.7 Å². The molecule has 1 aliphatic carbocycles. The fourth-order valence-electron chi connectivity index (χ4n) is 3.02. The van der Waals surface area contributed by atoms with Gasteiger partial charge in [0, 0.05) is 12.2 Å². The first-order valence-electron chi connectivity index (χ1n) is 7.21. The summed E-state index contributed by atoms with van der Waals surface area (Å²) in [6.07, 6.45) is 5.73. The van der Waals surface area contributed by atoms with Crippen LogP contribution in [-0.2, 0) is 0 Å². The molecule has 4 nitrogen and oxygen atoms in total. The topological polar surface area (TPSA) is 68.0 Å². The van der Waals surface area contributed by atoms with Gasteiger partial charge >= 0.3 is 0 Å². The monoisotopic (exact) mass is 279 g/mol. The van der Waals surface area contributed by atoms with Crippen molar-refractivity contribution in [2.75, 3.05) is 5.73 Å². The predicted octanol–water partition coefficient (Wildman–Crippen LogP) is 2.75. The number of anilines is 1. The maximum absolute atomic E-state index is 13.8. The van der Waals surface area contributed by atoms with Gasteiger partial charge in [-0.05, 0) is 30.7 Å². The maximum atomic E-state index is 13.8. The highest BCUT2D eigenvalue weighted by Crippen LogP contribution is 2.30. The number of nitrogens with zero attached hydrogens (tertiary/aromatic N) is 1. The highest BCUT2D eigenvalue weighted by atomic mass is 19.1. The molecule has 3 N–H and O–H groups in total. The molecule has 0 bridgehead atoms. The second-order valence-corrected chi connectivity index (χ2v) is 5.83. The molecular weight excluding hydrogens is 257 g/mol. The van der Waals surface area contributed by atoms with Crippen LogP contribution >= 0.6 is 0 Å². The van der Waals surface area contributed by atoms with Gasteiger partial charge in [0.05, 0.1) is 5.56 Å². The summed E-state index contributed by atoms with van der Waals surface area (Å²) >= 11 is 0. The van der Waals surface area contributed by atoms with Crippen LogP contribution < -0.4 is 11.1 Å². The first kappa shape index (κ1) is 14.8. The third kappa shape index (κ3) is 3.08. The molecule has 5 heteroatoms. The van der Waals surface area contributed by atoms with Crippen molar-refractivity contribution >= 4 is 11.7 Å². The number of hydrogen-bond acceptors (Lipinski definition) is 3. The normalized spacial score (nSPS) is 22.8. The van der Waals surface area contributed by atoms with Gasteiger partial charge in [0.2, 0.25) is 0 Å². The minimum absolute atomic E-state index is 0.0226. The van der Waals surface area contributed by atoms with Crippen LogP contribution in [0.15, 0.2) is 12.3 Å². The van der Waals surface area contributed by atoms with Crippen molar-refractivity contribution in [2.24, 2.45) is 11.8 Å². The molecule has 1 aliphatic rings. The number of hydrogen-bond donors (Lipinski definition) is 2. The smallest absolute Gasteiger partial charge is 0.254 e. The van der Waals surface area contributed by atoms with Crippen LogP contribution in [0.2, 0.25) is 0 Å². The standard InChI is InChI=1S/C15H22FN3O/c1-9(2)10-5-3-4-6-12(10)19-15(20)11-7-8-18-14(17)13(11)16/h7-10,12H,3-6H2,1-2H3,(H2,17,18)(H,19,20). The van der Waals surface area contributed by atoms with Crippen LogP contribution in [0.1, 0.15) is 49.9 Å². The van der Waals surface area contributed by atoms with E-state index in [-0.39, 0.29) is 17.4 Å². The number of carbonyl (C=O) groups is 1. The number of halogens is 1. The van der Waals surface area contributed by atoms with Gasteiger partial charge in [-0.3, -0.25) is 4.79 Å². The number of nitrogen functional groups attached to an aromatic ring is 1. The van der Waals surface area contributed by atoms with Gasteiger partial charge in [0.15, 0.2) is 11.6 Å². The lowest BCUT2D eigenvalue weighted by Crippen LogP contribution is -2.44. The Morgan fingerprint density at radius 2 is 2.15 bits per heavy atom. The number of amides is 1. The van der Waals surface area contributed by atoms with Crippen molar-refractivity contribution in [3.63, 3.8) is 0 Å². The lowest BCUT2D eigenvalue weighted by Gasteiger charge is -2.34. The summed E-state index contributed by atoms with van der Waals surface area (Å²) in [5.41, 5.74) is 5.38.